The van der Waals surface area contributed by atoms with Gasteiger partial charge in [-0.2, -0.15) is 11.8 Å². The number of hydrogen-bond donors (Lipinski definition) is 0. The predicted molar refractivity (Wildman–Crippen MR) is 107 cm³/mol. The molecular formula is C21H25N3OS. The molecule has 0 amide bonds. The summed E-state index contributed by atoms with van der Waals surface area (Å²) in [6, 6.07) is 8.77. The summed E-state index contributed by atoms with van der Waals surface area (Å²) in [5.41, 5.74) is 3.44. The fraction of sp³-hybridized carbons (Fsp3) is 0.524. The summed E-state index contributed by atoms with van der Waals surface area (Å²) in [4.78, 5) is 19.8. The van der Waals surface area contributed by atoms with Crippen LogP contribution in [-0.2, 0) is 6.54 Å². The smallest absolute Gasteiger partial charge is 0.251 e. The fourth-order valence-electron chi connectivity index (χ4n) is 5.04. The maximum absolute atomic E-state index is 12.8. The van der Waals surface area contributed by atoms with Crippen molar-refractivity contribution in [3.63, 3.8) is 0 Å². The van der Waals surface area contributed by atoms with Crippen LogP contribution in [0.2, 0.25) is 0 Å². The van der Waals surface area contributed by atoms with E-state index in [-0.39, 0.29) is 5.56 Å². The maximum Gasteiger partial charge on any atom is 0.251 e. The number of likely N-dealkylation sites (tertiary alicyclic amines) is 1. The zero-order valence-electron chi connectivity index (χ0n) is 15.0. The lowest BCUT2D eigenvalue weighted by Crippen LogP contribution is -2.51. The average Bonchev–Trinajstić information content (AvgIpc) is 2.70. The first-order chi connectivity index (χ1) is 12.8. The quantitative estimate of drug-likeness (QED) is 0.817. The molecule has 0 aliphatic carbocycles. The summed E-state index contributed by atoms with van der Waals surface area (Å²) in [5, 5.41) is 0. The molecule has 0 saturated carbocycles. The summed E-state index contributed by atoms with van der Waals surface area (Å²) in [6.45, 7) is 3.17. The zero-order chi connectivity index (χ0) is 17.5. The number of nitrogens with zero attached hydrogens (tertiary/aromatic N) is 3. The van der Waals surface area contributed by atoms with Crippen molar-refractivity contribution in [2.75, 3.05) is 24.6 Å². The lowest BCUT2D eigenvalue weighted by Gasteiger charge is -2.46. The third kappa shape index (κ3) is 3.01. The van der Waals surface area contributed by atoms with E-state index in [1.165, 1.54) is 43.0 Å². The first-order valence-electron chi connectivity index (χ1n) is 9.75. The van der Waals surface area contributed by atoms with Crippen LogP contribution in [0.15, 0.2) is 41.5 Å². The van der Waals surface area contributed by atoms with Crippen LogP contribution in [0.3, 0.4) is 0 Å². The molecule has 5 rings (SSSR count). The van der Waals surface area contributed by atoms with Gasteiger partial charge < -0.3 is 4.57 Å². The number of pyridine rings is 2. The molecule has 0 radical (unpaired) electrons. The Kier molecular flexibility index (Phi) is 4.37. The molecule has 136 valence electrons. The Hall–Kier alpha value is -1.59. The molecule has 5 heteroatoms. The predicted octanol–water partition coefficient (Wildman–Crippen LogP) is 3.23. The van der Waals surface area contributed by atoms with E-state index in [1.54, 1.807) is 12.3 Å². The van der Waals surface area contributed by atoms with Crippen molar-refractivity contribution in [2.24, 2.45) is 5.92 Å². The van der Waals surface area contributed by atoms with E-state index in [0.717, 1.165) is 30.3 Å². The first-order valence-corrected chi connectivity index (χ1v) is 10.9. The van der Waals surface area contributed by atoms with Gasteiger partial charge >= 0.3 is 0 Å². The van der Waals surface area contributed by atoms with Gasteiger partial charge in [0.25, 0.3) is 5.56 Å². The summed E-state index contributed by atoms with van der Waals surface area (Å²) in [7, 11) is 0. The molecule has 26 heavy (non-hydrogen) atoms. The first kappa shape index (κ1) is 16.6. The molecule has 3 aliphatic heterocycles. The summed E-state index contributed by atoms with van der Waals surface area (Å²) in [6.07, 6.45) is 7.51. The average molecular weight is 368 g/mol. The minimum absolute atomic E-state index is 0.151. The normalized spacial score (nSPS) is 26.5. The number of hydrogen-bond acceptors (Lipinski definition) is 4. The van der Waals surface area contributed by atoms with Crippen LogP contribution in [0.1, 0.15) is 30.9 Å². The van der Waals surface area contributed by atoms with E-state index in [1.807, 2.05) is 22.9 Å². The highest BCUT2D eigenvalue weighted by Gasteiger charge is 2.37. The number of fused-ring (bicyclic) bond motifs is 4. The molecule has 0 unspecified atom stereocenters. The number of aromatic nitrogens is 2. The van der Waals surface area contributed by atoms with Gasteiger partial charge in [-0.1, -0.05) is 6.07 Å². The zero-order valence-corrected chi connectivity index (χ0v) is 15.8. The van der Waals surface area contributed by atoms with Crippen LogP contribution in [0.5, 0.6) is 0 Å². The molecule has 2 atom stereocenters. The van der Waals surface area contributed by atoms with Gasteiger partial charge in [0.15, 0.2) is 0 Å². The van der Waals surface area contributed by atoms with Gasteiger partial charge in [0.05, 0.1) is 0 Å². The van der Waals surface area contributed by atoms with Crippen LogP contribution >= 0.6 is 11.8 Å². The van der Waals surface area contributed by atoms with Crippen molar-refractivity contribution in [2.45, 2.75) is 37.8 Å². The molecule has 3 aliphatic rings. The highest BCUT2D eigenvalue weighted by Crippen LogP contribution is 2.38. The Labute approximate surface area is 158 Å². The van der Waals surface area contributed by atoms with Crippen molar-refractivity contribution >= 4 is 11.8 Å². The number of rotatable bonds is 2. The molecule has 2 saturated heterocycles. The molecule has 2 aromatic heterocycles. The van der Waals surface area contributed by atoms with Crippen LogP contribution in [0.25, 0.3) is 11.1 Å². The minimum atomic E-state index is 0.151. The third-order valence-electron chi connectivity index (χ3n) is 6.29. The standard InChI is InChI=1S/C21H25N3OS/c25-21-10-17(16-2-1-5-22-11-16)9-20-18-8-15(13-24(20)21)12-23(14-18)19-3-6-26-7-4-19/h1-2,5,9-11,15,18-19H,3-4,6-8,12-14H2/t15-,18+/m0/s1. The highest BCUT2D eigenvalue weighted by atomic mass is 32.2. The summed E-state index contributed by atoms with van der Waals surface area (Å²) < 4.78 is 2.05. The van der Waals surface area contributed by atoms with Crippen molar-refractivity contribution in [1.82, 2.24) is 14.5 Å². The van der Waals surface area contributed by atoms with Gasteiger partial charge in [0.1, 0.15) is 0 Å². The highest BCUT2D eigenvalue weighted by molar-refractivity contribution is 7.99. The minimum Gasteiger partial charge on any atom is -0.312 e. The summed E-state index contributed by atoms with van der Waals surface area (Å²) in [5.74, 6) is 3.72. The Morgan fingerprint density at radius 2 is 1.96 bits per heavy atom. The van der Waals surface area contributed by atoms with Gasteiger partial charge in [0.2, 0.25) is 0 Å². The van der Waals surface area contributed by atoms with Crippen molar-refractivity contribution < 1.29 is 0 Å². The van der Waals surface area contributed by atoms with Crippen LogP contribution in [0, 0.1) is 5.92 Å². The van der Waals surface area contributed by atoms with Crippen LogP contribution < -0.4 is 5.56 Å². The largest absolute Gasteiger partial charge is 0.312 e. The van der Waals surface area contributed by atoms with E-state index >= 15 is 0 Å². The number of piperidine rings is 1. The molecule has 2 fully saturated rings. The molecule has 4 nitrogen and oxygen atoms in total. The van der Waals surface area contributed by atoms with E-state index in [0.29, 0.717) is 11.8 Å². The van der Waals surface area contributed by atoms with Crippen molar-refractivity contribution in [1.29, 1.82) is 0 Å². The van der Waals surface area contributed by atoms with E-state index in [2.05, 4.69) is 27.7 Å². The Morgan fingerprint density at radius 3 is 2.77 bits per heavy atom. The second-order valence-electron chi connectivity index (χ2n) is 7.96. The second kappa shape index (κ2) is 6.86. The van der Waals surface area contributed by atoms with Crippen molar-refractivity contribution in [3.05, 3.63) is 52.7 Å². The molecule has 0 spiro atoms. The number of thioether (sulfide) groups is 1. The summed E-state index contributed by atoms with van der Waals surface area (Å²) >= 11 is 2.10. The Bertz CT molecular complexity index is 844. The molecule has 2 aromatic rings. The maximum atomic E-state index is 12.8. The van der Waals surface area contributed by atoms with Gasteiger partial charge in [-0.25, -0.2) is 0 Å². The van der Waals surface area contributed by atoms with Crippen LogP contribution in [-0.4, -0.2) is 45.1 Å². The van der Waals surface area contributed by atoms with Gasteiger partial charge in [-0.05, 0) is 54.4 Å². The molecule has 5 heterocycles. The topological polar surface area (TPSA) is 38.1 Å². The van der Waals surface area contributed by atoms with E-state index < -0.39 is 0 Å². The molecular weight excluding hydrogens is 342 g/mol. The monoisotopic (exact) mass is 367 g/mol. The Balaban J connectivity index is 1.48. The van der Waals surface area contributed by atoms with Crippen molar-refractivity contribution in [3.8, 4) is 11.1 Å². The second-order valence-corrected chi connectivity index (χ2v) is 9.18. The third-order valence-corrected chi connectivity index (χ3v) is 7.34. The van der Waals surface area contributed by atoms with E-state index in [4.69, 9.17) is 0 Å². The lowest BCUT2D eigenvalue weighted by molar-refractivity contribution is 0.0775. The fourth-order valence-corrected chi connectivity index (χ4v) is 6.13. The van der Waals surface area contributed by atoms with Gasteiger partial charge in [-0.3, -0.25) is 14.7 Å². The van der Waals surface area contributed by atoms with Gasteiger partial charge in [-0.15, -0.1) is 0 Å². The molecule has 2 bridgehead atoms. The van der Waals surface area contributed by atoms with Crippen LogP contribution in [0.4, 0.5) is 0 Å². The lowest BCUT2D eigenvalue weighted by atomic mass is 9.81. The molecule has 0 N–H and O–H groups in total. The molecule has 0 aromatic carbocycles. The van der Waals surface area contributed by atoms with E-state index in [9.17, 15) is 4.79 Å². The van der Waals surface area contributed by atoms with Gasteiger partial charge in [0, 0.05) is 61.3 Å². The SMILES string of the molecule is O=c1cc(-c2cccnc2)cc2n1C[C@H]1C[C@@H]2CN(C2CCSCC2)C1. The Morgan fingerprint density at radius 1 is 1.08 bits per heavy atom.